The van der Waals surface area contributed by atoms with Gasteiger partial charge in [0.15, 0.2) is 0 Å². The minimum absolute atomic E-state index is 0.0295. The highest BCUT2D eigenvalue weighted by molar-refractivity contribution is 7.89. The molecule has 118 valence electrons. The molecule has 2 N–H and O–H groups in total. The van der Waals surface area contributed by atoms with Crippen molar-refractivity contribution in [3.05, 3.63) is 0 Å². The Morgan fingerprint density at radius 3 is 2.40 bits per heavy atom. The van der Waals surface area contributed by atoms with Crippen LogP contribution in [-0.4, -0.2) is 30.8 Å². The summed E-state index contributed by atoms with van der Waals surface area (Å²) in [6.45, 7) is 7.73. The molecule has 1 saturated carbocycles. The van der Waals surface area contributed by atoms with Gasteiger partial charge in [0.25, 0.3) is 0 Å². The van der Waals surface area contributed by atoms with Gasteiger partial charge in [-0.3, -0.25) is 4.79 Å². The molecule has 0 aromatic carbocycles. The van der Waals surface area contributed by atoms with Gasteiger partial charge in [-0.25, -0.2) is 8.42 Å². The summed E-state index contributed by atoms with van der Waals surface area (Å²) in [5.41, 5.74) is -1.42. The molecule has 1 fully saturated rings. The average Bonchev–Trinajstić information content (AvgIpc) is 2.28. The van der Waals surface area contributed by atoms with Crippen molar-refractivity contribution in [2.24, 2.45) is 11.3 Å². The van der Waals surface area contributed by atoms with Crippen LogP contribution in [0, 0.1) is 11.3 Å². The third-order valence-corrected chi connectivity index (χ3v) is 5.56. The molecule has 2 unspecified atom stereocenters. The minimum atomic E-state index is -3.58. The van der Waals surface area contributed by atoms with E-state index in [-0.39, 0.29) is 17.1 Å². The predicted octanol–water partition coefficient (Wildman–Crippen LogP) is 2.38. The van der Waals surface area contributed by atoms with Crippen molar-refractivity contribution >= 4 is 16.0 Å². The van der Waals surface area contributed by atoms with Gasteiger partial charge in [-0.15, -0.1) is 0 Å². The fraction of sp³-hybridized carbons (Fsp3) is 0.929. The average molecular weight is 305 g/mol. The summed E-state index contributed by atoms with van der Waals surface area (Å²) >= 11 is 0. The van der Waals surface area contributed by atoms with Crippen molar-refractivity contribution in [3.8, 4) is 0 Å². The number of carbonyl (C=O) groups is 1. The topological polar surface area (TPSA) is 83.5 Å². The first-order valence-corrected chi connectivity index (χ1v) is 8.89. The lowest BCUT2D eigenvalue weighted by molar-refractivity contribution is -0.147. The molecule has 0 amide bonds. The summed E-state index contributed by atoms with van der Waals surface area (Å²) in [5.74, 6) is -1.26. The lowest BCUT2D eigenvalue weighted by Gasteiger charge is -2.39. The maximum absolute atomic E-state index is 12.2. The van der Waals surface area contributed by atoms with Gasteiger partial charge in [-0.05, 0) is 30.6 Å². The molecule has 0 aromatic rings. The molecule has 0 aliphatic heterocycles. The normalized spacial score (nSPS) is 28.3. The first kappa shape index (κ1) is 17.4. The highest BCUT2D eigenvalue weighted by Crippen LogP contribution is 2.34. The summed E-state index contributed by atoms with van der Waals surface area (Å²) in [6.07, 6.45) is 3.33. The molecule has 0 spiro atoms. The molecule has 0 aromatic heterocycles. The number of carboxylic acids is 1. The summed E-state index contributed by atoms with van der Waals surface area (Å²) in [7, 11) is -3.58. The summed E-state index contributed by atoms with van der Waals surface area (Å²) in [6, 6.07) is 0. The zero-order valence-corrected chi connectivity index (χ0v) is 13.7. The van der Waals surface area contributed by atoms with Crippen molar-refractivity contribution in [3.63, 3.8) is 0 Å². The van der Waals surface area contributed by atoms with Gasteiger partial charge in [-0.2, -0.15) is 4.72 Å². The molecule has 20 heavy (non-hydrogen) atoms. The highest BCUT2D eigenvalue weighted by atomic mass is 32.2. The van der Waals surface area contributed by atoms with E-state index in [9.17, 15) is 18.3 Å². The Labute approximate surface area is 122 Å². The van der Waals surface area contributed by atoms with Crippen LogP contribution in [0.2, 0.25) is 0 Å². The van der Waals surface area contributed by atoms with Crippen LogP contribution in [-0.2, 0) is 14.8 Å². The molecular weight excluding hydrogens is 278 g/mol. The zero-order valence-electron chi connectivity index (χ0n) is 12.9. The van der Waals surface area contributed by atoms with E-state index >= 15 is 0 Å². The molecular formula is C14H27NO4S. The van der Waals surface area contributed by atoms with Crippen molar-refractivity contribution in [1.29, 1.82) is 0 Å². The Balaban J connectivity index is 2.88. The Morgan fingerprint density at radius 2 is 1.95 bits per heavy atom. The maximum Gasteiger partial charge on any atom is 0.325 e. The lowest BCUT2D eigenvalue weighted by Crippen LogP contribution is -2.60. The van der Waals surface area contributed by atoms with Crippen LogP contribution >= 0.6 is 0 Å². The van der Waals surface area contributed by atoms with E-state index in [4.69, 9.17) is 0 Å². The van der Waals surface area contributed by atoms with Gasteiger partial charge in [0.1, 0.15) is 5.54 Å². The molecule has 0 saturated heterocycles. The predicted molar refractivity (Wildman–Crippen MR) is 79.0 cm³/mol. The van der Waals surface area contributed by atoms with Gasteiger partial charge in [0, 0.05) is 0 Å². The summed E-state index contributed by atoms with van der Waals surface area (Å²) in [5, 5.41) is 9.52. The second kappa shape index (κ2) is 6.02. The quantitative estimate of drug-likeness (QED) is 0.817. The third-order valence-electron chi connectivity index (χ3n) is 4.14. The van der Waals surface area contributed by atoms with Crippen molar-refractivity contribution in [2.75, 3.05) is 5.75 Å². The van der Waals surface area contributed by atoms with E-state index in [0.717, 1.165) is 19.3 Å². The Bertz CT molecular complexity index is 452. The minimum Gasteiger partial charge on any atom is -0.480 e. The lowest BCUT2D eigenvalue weighted by atomic mass is 9.74. The zero-order chi connectivity index (χ0) is 15.6. The SMILES string of the molecule is CC1CCCCC1(NS(=O)(=O)CCC(C)(C)C)C(=O)O. The van der Waals surface area contributed by atoms with E-state index in [0.29, 0.717) is 12.8 Å². The standard InChI is InChI=1S/C14H27NO4S/c1-11-7-5-6-8-14(11,12(16)17)15-20(18,19)10-9-13(2,3)4/h11,15H,5-10H2,1-4H3,(H,16,17). The summed E-state index contributed by atoms with van der Waals surface area (Å²) < 4.78 is 27.0. The number of hydrogen-bond donors (Lipinski definition) is 2. The van der Waals surface area contributed by atoms with E-state index < -0.39 is 21.5 Å². The van der Waals surface area contributed by atoms with E-state index in [1.807, 2.05) is 27.7 Å². The molecule has 6 heteroatoms. The monoisotopic (exact) mass is 305 g/mol. The Morgan fingerprint density at radius 1 is 1.35 bits per heavy atom. The number of aliphatic carboxylic acids is 1. The molecule has 0 radical (unpaired) electrons. The largest absolute Gasteiger partial charge is 0.480 e. The first-order valence-electron chi connectivity index (χ1n) is 7.24. The van der Waals surface area contributed by atoms with Crippen molar-refractivity contribution in [2.45, 2.75) is 65.3 Å². The van der Waals surface area contributed by atoms with Gasteiger partial charge in [-0.1, -0.05) is 40.5 Å². The first-order chi connectivity index (χ1) is 8.99. The number of carboxylic acid groups (broad SMARTS) is 1. The van der Waals surface area contributed by atoms with Gasteiger partial charge >= 0.3 is 5.97 Å². The van der Waals surface area contributed by atoms with Crippen LogP contribution in [0.1, 0.15) is 59.8 Å². The van der Waals surface area contributed by atoms with Crippen LogP contribution < -0.4 is 4.72 Å². The Kier molecular flexibility index (Phi) is 5.24. The van der Waals surface area contributed by atoms with Gasteiger partial charge in [0.05, 0.1) is 5.75 Å². The third kappa shape index (κ3) is 4.45. The number of nitrogens with one attached hydrogen (secondary N) is 1. The van der Waals surface area contributed by atoms with Crippen LogP contribution in [0.5, 0.6) is 0 Å². The molecule has 0 bridgehead atoms. The highest BCUT2D eigenvalue weighted by Gasteiger charge is 2.47. The molecule has 1 aliphatic carbocycles. The fourth-order valence-corrected chi connectivity index (χ4v) is 4.56. The smallest absolute Gasteiger partial charge is 0.325 e. The molecule has 5 nitrogen and oxygen atoms in total. The van der Waals surface area contributed by atoms with Crippen LogP contribution in [0.25, 0.3) is 0 Å². The fourth-order valence-electron chi connectivity index (χ4n) is 2.63. The molecule has 0 heterocycles. The number of hydrogen-bond acceptors (Lipinski definition) is 3. The molecule has 2 atom stereocenters. The van der Waals surface area contributed by atoms with E-state index in [2.05, 4.69) is 4.72 Å². The number of rotatable bonds is 5. The van der Waals surface area contributed by atoms with E-state index in [1.165, 1.54) is 0 Å². The second-order valence-electron chi connectivity index (χ2n) is 7.15. The van der Waals surface area contributed by atoms with Crippen LogP contribution in [0.4, 0.5) is 0 Å². The van der Waals surface area contributed by atoms with Crippen LogP contribution in [0.3, 0.4) is 0 Å². The van der Waals surface area contributed by atoms with Gasteiger partial charge in [0.2, 0.25) is 10.0 Å². The number of sulfonamides is 1. The molecule has 1 rings (SSSR count). The van der Waals surface area contributed by atoms with E-state index in [1.54, 1.807) is 0 Å². The summed E-state index contributed by atoms with van der Waals surface area (Å²) in [4.78, 5) is 11.6. The Hall–Kier alpha value is -0.620. The van der Waals surface area contributed by atoms with Gasteiger partial charge < -0.3 is 5.11 Å². The van der Waals surface area contributed by atoms with Crippen molar-refractivity contribution in [1.82, 2.24) is 4.72 Å². The van der Waals surface area contributed by atoms with Crippen LogP contribution in [0.15, 0.2) is 0 Å². The maximum atomic E-state index is 12.2. The van der Waals surface area contributed by atoms with Crippen molar-refractivity contribution < 1.29 is 18.3 Å². The second-order valence-corrected chi connectivity index (χ2v) is 9.00. The molecule has 1 aliphatic rings.